The van der Waals surface area contributed by atoms with Crippen LogP contribution in [-0.4, -0.2) is 21.8 Å². The largest absolute Gasteiger partial charge is 0.487 e. The van der Waals surface area contributed by atoms with Gasteiger partial charge in [-0.05, 0) is 61.6 Å². The van der Waals surface area contributed by atoms with Gasteiger partial charge in [0.2, 0.25) is 5.89 Å². The van der Waals surface area contributed by atoms with E-state index in [1.165, 1.54) is 0 Å². The maximum Gasteiger partial charge on any atom is 0.303 e. The molecule has 1 aromatic heterocycles. The highest BCUT2D eigenvalue weighted by molar-refractivity contribution is 6.00. The molecule has 0 fully saturated rings. The molecule has 37 heavy (non-hydrogen) atoms. The van der Waals surface area contributed by atoms with E-state index in [4.69, 9.17) is 19.1 Å². The number of carboxylic acids is 1. The molecule has 0 aliphatic carbocycles. The van der Waals surface area contributed by atoms with Crippen LogP contribution in [0.2, 0.25) is 0 Å². The van der Waals surface area contributed by atoms with Crippen molar-refractivity contribution < 1.29 is 23.9 Å². The van der Waals surface area contributed by atoms with Gasteiger partial charge in [-0.2, -0.15) is 0 Å². The molecule has 0 atom stereocenters. The number of carbonyl (C=O) groups is 1. The number of unbranched alkanes of at least 4 members (excludes halogenated alkanes) is 1. The number of aliphatic carboxylic acids is 1. The average Bonchev–Trinajstić information content (AvgIpc) is 3.30. The van der Waals surface area contributed by atoms with Gasteiger partial charge in [0.15, 0.2) is 0 Å². The zero-order valence-electron chi connectivity index (χ0n) is 20.8. The van der Waals surface area contributed by atoms with Gasteiger partial charge in [-0.15, -0.1) is 0 Å². The second-order valence-electron chi connectivity index (χ2n) is 8.60. The SMILES string of the molecule is Cc1oc(-c2ccccc2)nc1COc1ccc(CO/N=C(/CCCCC(=O)O)c2ccccc2)cc1. The Labute approximate surface area is 216 Å². The highest BCUT2D eigenvalue weighted by atomic mass is 16.6. The van der Waals surface area contributed by atoms with E-state index in [9.17, 15) is 4.79 Å². The van der Waals surface area contributed by atoms with Gasteiger partial charge >= 0.3 is 5.97 Å². The van der Waals surface area contributed by atoms with Crippen molar-refractivity contribution >= 4 is 11.7 Å². The quantitative estimate of drug-likeness (QED) is 0.124. The van der Waals surface area contributed by atoms with Gasteiger partial charge < -0.3 is 19.1 Å². The number of ether oxygens (including phenoxy) is 1. The lowest BCUT2D eigenvalue weighted by atomic mass is 10.0. The molecule has 0 unspecified atom stereocenters. The molecule has 0 aliphatic rings. The van der Waals surface area contributed by atoms with Crippen molar-refractivity contribution in [3.8, 4) is 17.2 Å². The minimum absolute atomic E-state index is 0.155. The predicted molar refractivity (Wildman–Crippen MR) is 141 cm³/mol. The van der Waals surface area contributed by atoms with Crippen molar-refractivity contribution in [2.45, 2.75) is 45.8 Å². The zero-order valence-corrected chi connectivity index (χ0v) is 20.8. The first-order chi connectivity index (χ1) is 18.1. The summed E-state index contributed by atoms with van der Waals surface area (Å²) in [4.78, 5) is 21.0. The van der Waals surface area contributed by atoms with E-state index in [0.717, 1.165) is 46.0 Å². The van der Waals surface area contributed by atoms with Crippen LogP contribution < -0.4 is 4.74 Å². The van der Waals surface area contributed by atoms with Crippen LogP contribution in [0.4, 0.5) is 0 Å². The lowest BCUT2D eigenvalue weighted by molar-refractivity contribution is -0.137. The van der Waals surface area contributed by atoms with Crippen LogP contribution in [0, 0.1) is 6.92 Å². The Kier molecular flexibility index (Phi) is 9.07. The standard InChI is InChI=1S/C30H30N2O5/c1-22-28(31-30(37-22)25-12-6-3-7-13-25)21-35-26-18-16-23(17-19-26)20-36-32-27(14-8-9-15-29(33)34)24-10-4-2-5-11-24/h2-7,10-13,16-19H,8-9,14-15,20-21H2,1H3,(H,33,34)/b32-27-. The van der Waals surface area contributed by atoms with Gasteiger partial charge in [-0.25, -0.2) is 4.98 Å². The van der Waals surface area contributed by atoms with Crippen LogP contribution in [0.15, 0.2) is 94.5 Å². The van der Waals surface area contributed by atoms with Gasteiger partial charge in [0.1, 0.15) is 30.4 Å². The lowest BCUT2D eigenvalue weighted by Gasteiger charge is -2.08. The minimum atomic E-state index is -0.782. The topological polar surface area (TPSA) is 94.2 Å². The smallest absolute Gasteiger partial charge is 0.303 e. The summed E-state index contributed by atoms with van der Waals surface area (Å²) in [6.07, 6.45) is 2.14. The van der Waals surface area contributed by atoms with E-state index >= 15 is 0 Å². The number of oxime groups is 1. The minimum Gasteiger partial charge on any atom is -0.487 e. The van der Waals surface area contributed by atoms with E-state index in [1.54, 1.807) is 0 Å². The average molecular weight is 499 g/mol. The molecule has 7 nitrogen and oxygen atoms in total. The second-order valence-corrected chi connectivity index (χ2v) is 8.60. The summed E-state index contributed by atoms with van der Waals surface area (Å²) in [5.41, 5.74) is 4.43. The van der Waals surface area contributed by atoms with Gasteiger partial charge in [-0.1, -0.05) is 65.8 Å². The number of nitrogens with zero attached hydrogens (tertiary/aromatic N) is 2. The molecule has 0 saturated heterocycles. The van der Waals surface area contributed by atoms with Gasteiger partial charge in [0.05, 0.1) is 5.71 Å². The molecular formula is C30H30N2O5. The summed E-state index contributed by atoms with van der Waals surface area (Å²) in [5, 5.41) is 13.2. The molecule has 190 valence electrons. The molecule has 0 bridgehead atoms. The van der Waals surface area contributed by atoms with Crippen molar-refractivity contribution in [1.82, 2.24) is 4.98 Å². The number of carboxylic acid groups (broad SMARTS) is 1. The summed E-state index contributed by atoms with van der Waals surface area (Å²) in [7, 11) is 0. The maximum absolute atomic E-state index is 10.8. The first-order valence-corrected chi connectivity index (χ1v) is 12.3. The Morgan fingerprint density at radius 2 is 1.57 bits per heavy atom. The highest BCUT2D eigenvalue weighted by Crippen LogP contribution is 2.23. The number of oxazole rings is 1. The summed E-state index contributed by atoms with van der Waals surface area (Å²) in [5.74, 6) is 1.26. The van der Waals surface area contributed by atoms with Crippen molar-refractivity contribution in [3.63, 3.8) is 0 Å². The summed E-state index contributed by atoms with van der Waals surface area (Å²) < 4.78 is 11.7. The van der Waals surface area contributed by atoms with E-state index in [1.807, 2.05) is 91.9 Å². The third kappa shape index (κ3) is 7.80. The van der Waals surface area contributed by atoms with Crippen molar-refractivity contribution in [2.75, 3.05) is 0 Å². The normalized spacial score (nSPS) is 11.3. The number of aromatic nitrogens is 1. The molecule has 0 amide bonds. The van der Waals surface area contributed by atoms with Crippen molar-refractivity contribution in [3.05, 3.63) is 108 Å². The Balaban J connectivity index is 1.30. The fourth-order valence-corrected chi connectivity index (χ4v) is 3.73. The third-order valence-corrected chi connectivity index (χ3v) is 5.78. The lowest BCUT2D eigenvalue weighted by Crippen LogP contribution is -2.03. The van der Waals surface area contributed by atoms with Crippen LogP contribution in [0.3, 0.4) is 0 Å². The van der Waals surface area contributed by atoms with Crippen LogP contribution in [0.25, 0.3) is 11.5 Å². The Morgan fingerprint density at radius 1 is 0.892 bits per heavy atom. The molecule has 0 spiro atoms. The van der Waals surface area contributed by atoms with E-state index in [2.05, 4.69) is 10.1 Å². The van der Waals surface area contributed by atoms with Gasteiger partial charge in [0.25, 0.3) is 0 Å². The number of aryl methyl sites for hydroxylation is 1. The molecule has 1 N–H and O–H groups in total. The number of hydrogen-bond acceptors (Lipinski definition) is 6. The van der Waals surface area contributed by atoms with Crippen LogP contribution in [0.5, 0.6) is 5.75 Å². The molecule has 0 saturated carbocycles. The van der Waals surface area contributed by atoms with E-state index in [0.29, 0.717) is 31.9 Å². The second kappa shape index (κ2) is 13.1. The molecule has 4 aromatic rings. The predicted octanol–water partition coefficient (Wildman–Crippen LogP) is 6.79. The van der Waals surface area contributed by atoms with Gasteiger partial charge in [0, 0.05) is 12.0 Å². The fraction of sp³-hybridized carbons (Fsp3) is 0.233. The third-order valence-electron chi connectivity index (χ3n) is 5.78. The Bertz CT molecular complexity index is 1300. The Morgan fingerprint density at radius 3 is 2.27 bits per heavy atom. The first kappa shape index (κ1) is 25.7. The first-order valence-electron chi connectivity index (χ1n) is 12.3. The number of hydrogen-bond donors (Lipinski definition) is 1. The van der Waals surface area contributed by atoms with Crippen LogP contribution >= 0.6 is 0 Å². The van der Waals surface area contributed by atoms with Crippen LogP contribution in [-0.2, 0) is 22.8 Å². The monoisotopic (exact) mass is 498 g/mol. The van der Waals surface area contributed by atoms with E-state index in [-0.39, 0.29) is 6.42 Å². The molecule has 0 radical (unpaired) electrons. The zero-order chi connectivity index (χ0) is 25.9. The molecular weight excluding hydrogens is 468 g/mol. The van der Waals surface area contributed by atoms with E-state index < -0.39 is 5.97 Å². The molecule has 0 aliphatic heterocycles. The summed E-state index contributed by atoms with van der Waals surface area (Å²) in [6.45, 7) is 2.51. The Hall–Kier alpha value is -4.39. The molecule has 4 rings (SSSR count). The van der Waals surface area contributed by atoms with Crippen molar-refractivity contribution in [1.29, 1.82) is 0 Å². The molecule has 7 heteroatoms. The fourth-order valence-electron chi connectivity index (χ4n) is 3.73. The summed E-state index contributed by atoms with van der Waals surface area (Å²) >= 11 is 0. The summed E-state index contributed by atoms with van der Waals surface area (Å²) in [6, 6.07) is 27.2. The number of rotatable bonds is 13. The molecule has 1 heterocycles. The van der Waals surface area contributed by atoms with Gasteiger partial charge in [-0.3, -0.25) is 4.79 Å². The van der Waals surface area contributed by atoms with Crippen LogP contribution in [0.1, 0.15) is 48.3 Å². The number of benzene rings is 3. The molecule has 3 aromatic carbocycles. The van der Waals surface area contributed by atoms with Crippen molar-refractivity contribution in [2.24, 2.45) is 5.16 Å². The maximum atomic E-state index is 10.8. The highest BCUT2D eigenvalue weighted by Gasteiger charge is 2.12.